The van der Waals surface area contributed by atoms with Gasteiger partial charge in [0.1, 0.15) is 0 Å². The van der Waals surface area contributed by atoms with Gasteiger partial charge in [-0.2, -0.15) is 23.5 Å². The van der Waals surface area contributed by atoms with E-state index in [2.05, 4.69) is 31.4 Å². The maximum Gasteiger partial charge on any atom is 0.248 e. The summed E-state index contributed by atoms with van der Waals surface area (Å²) in [4.78, 5) is 0. The van der Waals surface area contributed by atoms with Crippen LogP contribution in [0.3, 0.4) is 0 Å². The molecule has 1 fully saturated rings. The van der Waals surface area contributed by atoms with Crippen LogP contribution in [0.5, 0.6) is 0 Å². The van der Waals surface area contributed by atoms with Crippen LogP contribution in [-0.4, -0.2) is 39.3 Å². The van der Waals surface area contributed by atoms with Crippen LogP contribution in [0.1, 0.15) is 5.89 Å². The first-order valence-corrected chi connectivity index (χ1v) is 9.80. The molecule has 1 atom stereocenters. The van der Waals surface area contributed by atoms with Gasteiger partial charge in [-0.15, -0.1) is 10.2 Å². The lowest BCUT2D eigenvalue weighted by atomic mass is 10.2. The summed E-state index contributed by atoms with van der Waals surface area (Å²) in [7, 11) is 0. The summed E-state index contributed by atoms with van der Waals surface area (Å²) in [6.45, 7) is 1.61. The minimum atomic E-state index is 0.557. The number of benzene rings is 1. The van der Waals surface area contributed by atoms with Gasteiger partial charge in [0.05, 0.1) is 12.1 Å². The number of halogens is 1. The van der Waals surface area contributed by atoms with Crippen LogP contribution in [0.4, 0.5) is 0 Å². The molecular weight excluding hydrogens is 370 g/mol. The number of hydrogen-bond acceptors (Lipinski definition) is 6. The van der Waals surface area contributed by atoms with Crippen LogP contribution in [0.2, 0.25) is 0 Å². The van der Waals surface area contributed by atoms with Gasteiger partial charge in [-0.25, -0.2) is 0 Å². The van der Waals surface area contributed by atoms with Crippen molar-refractivity contribution in [2.75, 3.05) is 23.8 Å². The highest BCUT2D eigenvalue weighted by molar-refractivity contribution is 9.10. The number of aromatic nitrogens is 2. The summed E-state index contributed by atoms with van der Waals surface area (Å²) in [5.41, 5.74) is 0.926. The lowest BCUT2D eigenvalue weighted by Crippen LogP contribution is -2.28. The van der Waals surface area contributed by atoms with Crippen LogP contribution >= 0.6 is 39.5 Å². The Labute approximate surface area is 141 Å². The average Bonchev–Trinajstić information content (AvgIpc) is 2.97. The second kappa shape index (κ2) is 7.67. The molecular formula is C14H16BrN3OS2. The Morgan fingerprint density at radius 2 is 2.19 bits per heavy atom. The van der Waals surface area contributed by atoms with Crippen molar-refractivity contribution < 1.29 is 4.42 Å². The van der Waals surface area contributed by atoms with Gasteiger partial charge in [0, 0.05) is 33.5 Å². The van der Waals surface area contributed by atoms with Crippen molar-refractivity contribution in [1.29, 1.82) is 0 Å². The quantitative estimate of drug-likeness (QED) is 0.850. The van der Waals surface area contributed by atoms with Crippen molar-refractivity contribution >= 4 is 39.5 Å². The molecule has 0 spiro atoms. The second-order valence-electron chi connectivity index (χ2n) is 4.68. The van der Waals surface area contributed by atoms with Crippen LogP contribution in [-0.2, 0) is 6.54 Å². The summed E-state index contributed by atoms with van der Waals surface area (Å²) in [5, 5.41) is 12.3. The molecule has 1 aromatic carbocycles. The third-order valence-corrected chi connectivity index (χ3v) is 6.64. The van der Waals surface area contributed by atoms with Crippen molar-refractivity contribution in [2.45, 2.75) is 11.8 Å². The molecule has 1 aromatic heterocycles. The Kier molecular flexibility index (Phi) is 5.62. The molecule has 4 nitrogen and oxygen atoms in total. The predicted molar refractivity (Wildman–Crippen MR) is 92.7 cm³/mol. The van der Waals surface area contributed by atoms with Crippen LogP contribution in [0.15, 0.2) is 33.2 Å². The zero-order chi connectivity index (χ0) is 14.5. The highest BCUT2D eigenvalue weighted by atomic mass is 79.9. The molecule has 1 aliphatic heterocycles. The third kappa shape index (κ3) is 4.25. The van der Waals surface area contributed by atoms with E-state index in [1.54, 1.807) is 0 Å². The van der Waals surface area contributed by atoms with Crippen molar-refractivity contribution in [3.05, 3.63) is 34.6 Å². The number of rotatable bonds is 5. The molecule has 0 amide bonds. The van der Waals surface area contributed by atoms with Crippen molar-refractivity contribution in [3.8, 4) is 11.5 Å². The fourth-order valence-corrected chi connectivity index (χ4v) is 5.16. The van der Waals surface area contributed by atoms with Crippen molar-refractivity contribution in [2.24, 2.45) is 0 Å². The fraction of sp³-hybridized carbons (Fsp3) is 0.429. The highest BCUT2D eigenvalue weighted by Crippen LogP contribution is 2.26. The van der Waals surface area contributed by atoms with Crippen LogP contribution in [0.25, 0.3) is 11.5 Å². The highest BCUT2D eigenvalue weighted by Gasteiger charge is 2.15. The molecule has 2 aromatic rings. The Hall–Kier alpha value is -0.500. The van der Waals surface area contributed by atoms with E-state index in [0.29, 0.717) is 23.6 Å². The first kappa shape index (κ1) is 15.4. The van der Waals surface area contributed by atoms with Gasteiger partial charge < -0.3 is 9.73 Å². The third-order valence-electron chi connectivity index (χ3n) is 3.10. The number of hydrogen-bond donors (Lipinski definition) is 1. The predicted octanol–water partition coefficient (Wildman–Crippen LogP) is 3.44. The molecule has 1 N–H and O–H groups in total. The van der Waals surface area contributed by atoms with Crippen molar-refractivity contribution in [3.63, 3.8) is 0 Å². The standard InChI is InChI=1S/C14H16BrN3OS2/c15-12-4-2-1-3-11(12)14-18-17-13(19-14)8-16-7-10-9-20-5-6-21-10/h1-4,10,16H,5-9H2. The van der Waals surface area contributed by atoms with Crippen molar-refractivity contribution in [1.82, 2.24) is 15.5 Å². The number of thioether (sulfide) groups is 2. The molecule has 0 radical (unpaired) electrons. The van der Waals surface area contributed by atoms with Gasteiger partial charge in [-0.3, -0.25) is 0 Å². The molecule has 2 heterocycles. The summed E-state index contributed by atoms with van der Waals surface area (Å²) in [6, 6.07) is 7.85. The Bertz CT molecular complexity index is 587. The molecule has 0 aliphatic carbocycles. The van der Waals surface area contributed by atoms with E-state index < -0.39 is 0 Å². The molecule has 7 heteroatoms. The maximum absolute atomic E-state index is 5.71. The van der Waals surface area contributed by atoms with E-state index >= 15 is 0 Å². The number of nitrogens with zero attached hydrogens (tertiary/aromatic N) is 2. The Morgan fingerprint density at radius 3 is 3.00 bits per heavy atom. The molecule has 0 saturated carbocycles. The van der Waals surface area contributed by atoms with E-state index in [1.165, 1.54) is 17.3 Å². The van der Waals surface area contributed by atoms with Gasteiger partial charge in [-0.05, 0) is 28.1 Å². The van der Waals surface area contributed by atoms with E-state index in [-0.39, 0.29) is 0 Å². The summed E-state index contributed by atoms with van der Waals surface area (Å²) < 4.78 is 6.68. The van der Waals surface area contributed by atoms with Gasteiger partial charge >= 0.3 is 0 Å². The van der Waals surface area contributed by atoms with Crippen LogP contribution < -0.4 is 5.32 Å². The van der Waals surface area contributed by atoms with E-state index in [4.69, 9.17) is 4.42 Å². The first-order chi connectivity index (χ1) is 10.3. The smallest absolute Gasteiger partial charge is 0.248 e. The minimum Gasteiger partial charge on any atom is -0.419 e. The van der Waals surface area contributed by atoms with Gasteiger partial charge in [0.2, 0.25) is 11.8 Å². The largest absolute Gasteiger partial charge is 0.419 e. The van der Waals surface area contributed by atoms with E-state index in [1.807, 2.05) is 47.8 Å². The molecule has 3 rings (SSSR count). The molecule has 1 saturated heterocycles. The molecule has 0 bridgehead atoms. The minimum absolute atomic E-state index is 0.557. The zero-order valence-corrected chi connectivity index (χ0v) is 14.6. The normalized spacial score (nSPS) is 18.8. The van der Waals surface area contributed by atoms with Gasteiger partial charge in [0.15, 0.2) is 0 Å². The summed E-state index contributed by atoms with van der Waals surface area (Å²) >= 11 is 7.58. The fourth-order valence-electron chi connectivity index (χ4n) is 2.06. The Balaban J connectivity index is 1.54. The lowest BCUT2D eigenvalue weighted by molar-refractivity contribution is 0.478. The summed E-state index contributed by atoms with van der Waals surface area (Å²) in [6.07, 6.45) is 0. The monoisotopic (exact) mass is 385 g/mol. The second-order valence-corrected chi connectivity index (χ2v) is 8.09. The topological polar surface area (TPSA) is 51.0 Å². The van der Waals surface area contributed by atoms with Gasteiger partial charge in [0.25, 0.3) is 0 Å². The van der Waals surface area contributed by atoms with Crippen LogP contribution in [0, 0.1) is 0 Å². The molecule has 112 valence electrons. The van der Waals surface area contributed by atoms with E-state index in [9.17, 15) is 0 Å². The Morgan fingerprint density at radius 1 is 1.29 bits per heavy atom. The number of nitrogens with one attached hydrogen (secondary N) is 1. The maximum atomic E-state index is 5.71. The molecule has 21 heavy (non-hydrogen) atoms. The summed E-state index contributed by atoms with van der Waals surface area (Å²) in [5.74, 6) is 4.95. The van der Waals surface area contributed by atoms with Gasteiger partial charge in [-0.1, -0.05) is 12.1 Å². The molecule has 1 aliphatic rings. The zero-order valence-electron chi connectivity index (χ0n) is 11.4. The first-order valence-electron chi connectivity index (χ1n) is 6.80. The van der Waals surface area contributed by atoms with E-state index in [0.717, 1.165) is 16.6 Å². The molecule has 1 unspecified atom stereocenters. The SMILES string of the molecule is Brc1ccccc1-c1nnc(CNCC2CSCCS2)o1. The lowest BCUT2D eigenvalue weighted by Gasteiger charge is -2.20. The average molecular weight is 386 g/mol.